The van der Waals surface area contributed by atoms with Gasteiger partial charge in [-0.15, -0.1) is 0 Å². The van der Waals surface area contributed by atoms with Crippen molar-refractivity contribution in [2.45, 2.75) is 24.4 Å². The minimum atomic E-state index is -1.14. The minimum absolute atomic E-state index is 0.270. The predicted octanol–water partition coefficient (Wildman–Crippen LogP) is -3.00. The molecule has 1 aliphatic rings. The SMILES string of the molecule is N[C@H]1CNC[C@@H](O)[C@H](O)[C@@H]1O. The quantitative estimate of drug-likeness (QED) is 0.261. The van der Waals surface area contributed by atoms with Crippen LogP contribution in [0.4, 0.5) is 0 Å². The van der Waals surface area contributed by atoms with E-state index in [-0.39, 0.29) is 6.54 Å². The summed E-state index contributed by atoms with van der Waals surface area (Å²) < 4.78 is 0. The Morgan fingerprint density at radius 1 is 1.09 bits per heavy atom. The van der Waals surface area contributed by atoms with E-state index in [2.05, 4.69) is 5.32 Å². The summed E-state index contributed by atoms with van der Waals surface area (Å²) in [5, 5.41) is 30.3. The molecule has 0 radical (unpaired) electrons. The first-order chi connectivity index (χ1) is 5.13. The van der Waals surface area contributed by atoms with E-state index in [1.165, 1.54) is 0 Å². The maximum atomic E-state index is 9.22. The number of nitrogens with one attached hydrogen (secondary N) is 1. The van der Waals surface area contributed by atoms with Crippen molar-refractivity contribution in [1.29, 1.82) is 0 Å². The number of rotatable bonds is 0. The van der Waals surface area contributed by atoms with E-state index < -0.39 is 24.4 Å². The molecule has 0 bridgehead atoms. The minimum Gasteiger partial charge on any atom is -0.389 e. The third kappa shape index (κ3) is 1.88. The maximum Gasteiger partial charge on any atom is 0.109 e. The fraction of sp³-hybridized carbons (Fsp3) is 1.00. The van der Waals surface area contributed by atoms with Crippen LogP contribution < -0.4 is 11.1 Å². The summed E-state index contributed by atoms with van der Waals surface area (Å²) in [6.07, 6.45) is -3.11. The van der Waals surface area contributed by atoms with E-state index in [0.717, 1.165) is 0 Å². The first-order valence-corrected chi connectivity index (χ1v) is 3.63. The van der Waals surface area contributed by atoms with Gasteiger partial charge in [0.1, 0.15) is 6.10 Å². The van der Waals surface area contributed by atoms with Gasteiger partial charge in [0.25, 0.3) is 0 Å². The second-order valence-electron chi connectivity index (χ2n) is 2.87. The van der Waals surface area contributed by atoms with Crippen LogP contribution in [0.2, 0.25) is 0 Å². The molecule has 66 valence electrons. The van der Waals surface area contributed by atoms with E-state index in [1.54, 1.807) is 0 Å². The summed E-state index contributed by atoms with van der Waals surface area (Å²) in [5.41, 5.74) is 5.45. The zero-order valence-electron chi connectivity index (χ0n) is 6.14. The molecule has 0 saturated carbocycles. The van der Waals surface area contributed by atoms with Gasteiger partial charge in [-0.1, -0.05) is 0 Å². The van der Waals surface area contributed by atoms with Crippen LogP contribution in [-0.2, 0) is 0 Å². The molecule has 4 atom stereocenters. The van der Waals surface area contributed by atoms with Crippen LogP contribution in [-0.4, -0.2) is 52.8 Å². The van der Waals surface area contributed by atoms with Gasteiger partial charge in [-0.05, 0) is 0 Å². The topological polar surface area (TPSA) is 98.7 Å². The number of nitrogens with two attached hydrogens (primary N) is 1. The molecule has 0 aromatic rings. The highest BCUT2D eigenvalue weighted by atomic mass is 16.4. The van der Waals surface area contributed by atoms with Gasteiger partial charge in [-0.25, -0.2) is 0 Å². The van der Waals surface area contributed by atoms with Crippen LogP contribution in [0.25, 0.3) is 0 Å². The molecule has 11 heavy (non-hydrogen) atoms. The number of aliphatic hydroxyl groups is 3. The number of hydrogen-bond acceptors (Lipinski definition) is 5. The Hall–Kier alpha value is -0.200. The second-order valence-corrected chi connectivity index (χ2v) is 2.87. The molecule has 1 rings (SSSR count). The van der Waals surface area contributed by atoms with Gasteiger partial charge in [0, 0.05) is 19.1 Å². The zero-order chi connectivity index (χ0) is 8.43. The summed E-state index contributed by atoms with van der Waals surface area (Å²) in [4.78, 5) is 0. The molecule has 0 unspecified atom stereocenters. The molecule has 5 heteroatoms. The first kappa shape index (κ1) is 8.89. The first-order valence-electron chi connectivity index (χ1n) is 3.63. The zero-order valence-corrected chi connectivity index (χ0v) is 6.14. The number of hydrogen-bond donors (Lipinski definition) is 5. The van der Waals surface area contributed by atoms with E-state index in [1.807, 2.05) is 0 Å². The summed E-state index contributed by atoms with van der Waals surface area (Å²) in [7, 11) is 0. The molecule has 1 aliphatic heterocycles. The lowest BCUT2D eigenvalue weighted by Gasteiger charge is -2.21. The van der Waals surface area contributed by atoms with E-state index in [4.69, 9.17) is 10.8 Å². The van der Waals surface area contributed by atoms with Gasteiger partial charge in [0.15, 0.2) is 0 Å². The molecule has 0 aromatic carbocycles. The molecular weight excluding hydrogens is 148 g/mol. The molecule has 6 N–H and O–H groups in total. The van der Waals surface area contributed by atoms with E-state index in [9.17, 15) is 10.2 Å². The number of aliphatic hydroxyl groups excluding tert-OH is 3. The average Bonchev–Trinajstić information content (AvgIpc) is 2.07. The molecule has 1 heterocycles. The Bertz CT molecular complexity index is 119. The van der Waals surface area contributed by atoms with Gasteiger partial charge in [0.05, 0.1) is 12.2 Å². The summed E-state index contributed by atoms with van der Waals surface area (Å²) in [6.45, 7) is 0.682. The van der Waals surface area contributed by atoms with Crippen molar-refractivity contribution >= 4 is 0 Å². The van der Waals surface area contributed by atoms with Gasteiger partial charge in [-0.3, -0.25) is 0 Å². The Labute approximate surface area is 64.8 Å². The normalized spacial score (nSPS) is 46.9. The van der Waals surface area contributed by atoms with Crippen LogP contribution in [0.1, 0.15) is 0 Å². The summed E-state index contributed by atoms with van der Waals surface area (Å²) in [6, 6.07) is -0.512. The fourth-order valence-corrected chi connectivity index (χ4v) is 1.12. The monoisotopic (exact) mass is 162 g/mol. The Morgan fingerprint density at radius 3 is 2.36 bits per heavy atom. The lowest BCUT2D eigenvalue weighted by molar-refractivity contribution is -0.0556. The predicted molar refractivity (Wildman–Crippen MR) is 38.9 cm³/mol. The Balaban J connectivity index is 2.58. The molecule has 0 aliphatic carbocycles. The molecular formula is C6H14N2O3. The van der Waals surface area contributed by atoms with Crippen LogP contribution >= 0.6 is 0 Å². The van der Waals surface area contributed by atoms with Gasteiger partial charge >= 0.3 is 0 Å². The lowest BCUT2D eigenvalue weighted by Crippen LogP contribution is -2.47. The highest BCUT2D eigenvalue weighted by molar-refractivity contribution is 4.89. The second kappa shape index (κ2) is 3.46. The summed E-state index contributed by atoms with van der Waals surface area (Å²) >= 11 is 0. The molecule has 0 aromatic heterocycles. The number of β-amino-alcohol motifs (C(OH)–C–C–N with tert-alkyl or cyclic N) is 1. The average molecular weight is 162 g/mol. The largest absolute Gasteiger partial charge is 0.389 e. The Morgan fingerprint density at radius 2 is 1.73 bits per heavy atom. The summed E-state index contributed by atoms with van der Waals surface area (Å²) in [5.74, 6) is 0. The molecule has 0 spiro atoms. The van der Waals surface area contributed by atoms with Crippen LogP contribution in [0.3, 0.4) is 0 Å². The van der Waals surface area contributed by atoms with Crippen molar-refractivity contribution in [3.8, 4) is 0 Å². The highest BCUT2D eigenvalue weighted by Gasteiger charge is 2.31. The van der Waals surface area contributed by atoms with Crippen molar-refractivity contribution in [2.75, 3.05) is 13.1 Å². The van der Waals surface area contributed by atoms with Gasteiger partial charge < -0.3 is 26.4 Å². The van der Waals surface area contributed by atoms with Crippen LogP contribution in [0, 0.1) is 0 Å². The van der Waals surface area contributed by atoms with Crippen molar-refractivity contribution < 1.29 is 15.3 Å². The standard InChI is InChI=1S/C6H14N2O3/c7-3-1-8-2-4(9)6(11)5(3)10/h3-6,8-11H,1-2,7H2/t3-,4+,5+,6-/m0/s1. The molecule has 5 nitrogen and oxygen atoms in total. The maximum absolute atomic E-state index is 9.22. The van der Waals surface area contributed by atoms with Crippen molar-refractivity contribution in [1.82, 2.24) is 5.32 Å². The van der Waals surface area contributed by atoms with Crippen molar-refractivity contribution in [3.05, 3.63) is 0 Å². The van der Waals surface area contributed by atoms with Gasteiger partial charge in [-0.2, -0.15) is 0 Å². The van der Waals surface area contributed by atoms with Crippen LogP contribution in [0.5, 0.6) is 0 Å². The highest BCUT2D eigenvalue weighted by Crippen LogP contribution is 2.05. The molecule has 0 amide bonds. The van der Waals surface area contributed by atoms with E-state index in [0.29, 0.717) is 6.54 Å². The smallest absolute Gasteiger partial charge is 0.109 e. The van der Waals surface area contributed by atoms with Crippen LogP contribution in [0.15, 0.2) is 0 Å². The fourth-order valence-electron chi connectivity index (χ4n) is 1.12. The third-order valence-corrected chi connectivity index (χ3v) is 1.92. The Kier molecular flexibility index (Phi) is 2.80. The van der Waals surface area contributed by atoms with Crippen molar-refractivity contribution in [3.63, 3.8) is 0 Å². The third-order valence-electron chi connectivity index (χ3n) is 1.92. The molecule has 1 fully saturated rings. The molecule has 1 saturated heterocycles. The lowest BCUT2D eigenvalue weighted by atomic mass is 10.0. The van der Waals surface area contributed by atoms with E-state index >= 15 is 0 Å². The van der Waals surface area contributed by atoms with Gasteiger partial charge in [0.2, 0.25) is 0 Å². The van der Waals surface area contributed by atoms with Crippen molar-refractivity contribution in [2.24, 2.45) is 5.73 Å².